The van der Waals surface area contributed by atoms with Crippen molar-refractivity contribution in [3.8, 4) is 5.75 Å². The van der Waals surface area contributed by atoms with Crippen molar-refractivity contribution in [2.45, 2.75) is 13.0 Å². The number of halogens is 1. The first-order chi connectivity index (χ1) is 5.13. The highest BCUT2D eigenvalue weighted by molar-refractivity contribution is 6.31. The van der Waals surface area contributed by atoms with Gasteiger partial charge in [0.25, 0.3) is 0 Å². The van der Waals surface area contributed by atoms with Crippen LogP contribution in [0.15, 0.2) is 18.2 Å². The molecule has 1 atom stereocenters. The SMILES string of the molecule is C[C@@H](O)c1c(O)cccc1Cl. The van der Waals surface area contributed by atoms with Gasteiger partial charge in [0, 0.05) is 5.56 Å². The summed E-state index contributed by atoms with van der Waals surface area (Å²) in [7, 11) is 0. The predicted octanol–water partition coefficient (Wildman–Crippen LogP) is 2.10. The minimum absolute atomic E-state index is 0.0347. The van der Waals surface area contributed by atoms with Gasteiger partial charge in [-0.25, -0.2) is 0 Å². The van der Waals surface area contributed by atoms with E-state index in [1.807, 2.05) is 0 Å². The molecular formula is C8H9ClO2. The van der Waals surface area contributed by atoms with Gasteiger partial charge >= 0.3 is 0 Å². The number of benzene rings is 1. The fraction of sp³-hybridized carbons (Fsp3) is 0.250. The van der Waals surface area contributed by atoms with Crippen LogP contribution in [0.4, 0.5) is 0 Å². The highest BCUT2D eigenvalue weighted by Gasteiger charge is 2.10. The van der Waals surface area contributed by atoms with E-state index in [2.05, 4.69) is 0 Å². The first-order valence-corrected chi connectivity index (χ1v) is 3.66. The van der Waals surface area contributed by atoms with Crippen LogP contribution in [-0.4, -0.2) is 10.2 Å². The van der Waals surface area contributed by atoms with Gasteiger partial charge in [-0.1, -0.05) is 17.7 Å². The number of aliphatic hydroxyl groups is 1. The topological polar surface area (TPSA) is 40.5 Å². The van der Waals surface area contributed by atoms with Gasteiger partial charge < -0.3 is 10.2 Å². The van der Waals surface area contributed by atoms with E-state index in [9.17, 15) is 5.11 Å². The lowest BCUT2D eigenvalue weighted by atomic mass is 10.1. The zero-order chi connectivity index (χ0) is 8.43. The van der Waals surface area contributed by atoms with Crippen LogP contribution >= 0.6 is 11.6 Å². The molecule has 60 valence electrons. The lowest BCUT2D eigenvalue weighted by Crippen LogP contribution is -1.92. The van der Waals surface area contributed by atoms with Gasteiger partial charge in [0.1, 0.15) is 5.75 Å². The third-order valence-corrected chi connectivity index (χ3v) is 1.78. The van der Waals surface area contributed by atoms with Gasteiger partial charge in [0.05, 0.1) is 11.1 Å². The molecule has 3 heteroatoms. The summed E-state index contributed by atoms with van der Waals surface area (Å²) in [6.45, 7) is 1.56. The van der Waals surface area contributed by atoms with Crippen molar-refractivity contribution < 1.29 is 10.2 Å². The summed E-state index contributed by atoms with van der Waals surface area (Å²) in [5.41, 5.74) is 0.383. The van der Waals surface area contributed by atoms with E-state index in [0.29, 0.717) is 10.6 Å². The summed E-state index contributed by atoms with van der Waals surface area (Å²) in [5, 5.41) is 18.7. The lowest BCUT2D eigenvalue weighted by molar-refractivity contribution is 0.195. The Morgan fingerprint density at radius 3 is 2.45 bits per heavy atom. The molecule has 0 aliphatic heterocycles. The summed E-state index contributed by atoms with van der Waals surface area (Å²) >= 11 is 5.70. The van der Waals surface area contributed by atoms with Gasteiger partial charge in [-0.05, 0) is 19.1 Å². The normalized spacial score (nSPS) is 13.0. The fourth-order valence-corrected chi connectivity index (χ4v) is 1.27. The van der Waals surface area contributed by atoms with E-state index >= 15 is 0 Å². The van der Waals surface area contributed by atoms with Crippen molar-refractivity contribution in [2.75, 3.05) is 0 Å². The van der Waals surface area contributed by atoms with Gasteiger partial charge in [-0.3, -0.25) is 0 Å². The second kappa shape index (κ2) is 3.11. The van der Waals surface area contributed by atoms with Crippen LogP contribution in [0.1, 0.15) is 18.6 Å². The number of phenolic OH excluding ortho intramolecular Hbond substituents is 1. The molecule has 0 aliphatic rings. The molecule has 0 spiro atoms. The molecule has 0 amide bonds. The minimum Gasteiger partial charge on any atom is -0.508 e. The van der Waals surface area contributed by atoms with Crippen molar-refractivity contribution in [1.29, 1.82) is 0 Å². The Kier molecular flexibility index (Phi) is 2.37. The number of phenols is 1. The van der Waals surface area contributed by atoms with Crippen LogP contribution in [0.5, 0.6) is 5.75 Å². The molecule has 0 saturated carbocycles. The van der Waals surface area contributed by atoms with E-state index in [0.717, 1.165) is 0 Å². The van der Waals surface area contributed by atoms with Gasteiger partial charge in [-0.2, -0.15) is 0 Å². The molecule has 0 fully saturated rings. The van der Waals surface area contributed by atoms with E-state index in [4.69, 9.17) is 16.7 Å². The quantitative estimate of drug-likeness (QED) is 0.681. The maximum Gasteiger partial charge on any atom is 0.122 e. The smallest absolute Gasteiger partial charge is 0.122 e. The zero-order valence-corrected chi connectivity index (χ0v) is 6.84. The molecule has 0 saturated heterocycles. The molecule has 1 aromatic rings. The first-order valence-electron chi connectivity index (χ1n) is 3.28. The number of hydrogen-bond donors (Lipinski definition) is 2. The summed E-state index contributed by atoms with van der Waals surface area (Å²) in [6, 6.07) is 4.75. The number of aromatic hydroxyl groups is 1. The van der Waals surface area contributed by atoms with E-state index in [-0.39, 0.29) is 5.75 Å². The Bertz CT molecular complexity index is 238. The Hall–Kier alpha value is -0.730. The molecular weight excluding hydrogens is 164 g/mol. The second-order valence-corrected chi connectivity index (χ2v) is 2.76. The van der Waals surface area contributed by atoms with Crippen LogP contribution < -0.4 is 0 Å². The van der Waals surface area contributed by atoms with Crippen LogP contribution in [0.2, 0.25) is 5.02 Å². The number of aliphatic hydroxyl groups excluding tert-OH is 1. The first kappa shape index (κ1) is 8.37. The predicted molar refractivity (Wildman–Crippen MR) is 43.8 cm³/mol. The monoisotopic (exact) mass is 172 g/mol. The third kappa shape index (κ3) is 1.64. The third-order valence-electron chi connectivity index (χ3n) is 1.45. The molecule has 0 bridgehead atoms. The average molecular weight is 173 g/mol. The van der Waals surface area contributed by atoms with Crippen LogP contribution in [-0.2, 0) is 0 Å². The Morgan fingerprint density at radius 1 is 1.45 bits per heavy atom. The molecule has 0 radical (unpaired) electrons. The highest BCUT2D eigenvalue weighted by Crippen LogP contribution is 2.30. The average Bonchev–Trinajstić information content (AvgIpc) is 1.85. The Morgan fingerprint density at radius 2 is 2.09 bits per heavy atom. The molecule has 2 N–H and O–H groups in total. The van der Waals surface area contributed by atoms with E-state index in [1.165, 1.54) is 6.07 Å². The van der Waals surface area contributed by atoms with Crippen molar-refractivity contribution in [1.82, 2.24) is 0 Å². The van der Waals surface area contributed by atoms with Gasteiger partial charge in [0.2, 0.25) is 0 Å². The molecule has 2 nitrogen and oxygen atoms in total. The molecule has 0 heterocycles. The summed E-state index contributed by atoms with van der Waals surface area (Å²) in [6.07, 6.45) is -0.733. The van der Waals surface area contributed by atoms with Crippen molar-refractivity contribution in [2.24, 2.45) is 0 Å². The van der Waals surface area contributed by atoms with E-state index < -0.39 is 6.10 Å². The summed E-state index contributed by atoms with van der Waals surface area (Å²) in [4.78, 5) is 0. The lowest BCUT2D eigenvalue weighted by Gasteiger charge is -2.08. The maximum absolute atomic E-state index is 9.22. The molecule has 0 aromatic heterocycles. The van der Waals surface area contributed by atoms with Crippen LogP contribution in [0.3, 0.4) is 0 Å². The zero-order valence-electron chi connectivity index (χ0n) is 6.08. The molecule has 1 aromatic carbocycles. The Labute approximate surface area is 70.1 Å². The number of rotatable bonds is 1. The standard InChI is InChI=1S/C8H9ClO2/c1-5(10)8-6(9)3-2-4-7(8)11/h2-5,10-11H,1H3/t5-/m1/s1. The van der Waals surface area contributed by atoms with Crippen LogP contribution in [0.25, 0.3) is 0 Å². The highest BCUT2D eigenvalue weighted by atomic mass is 35.5. The molecule has 0 unspecified atom stereocenters. The fourth-order valence-electron chi connectivity index (χ4n) is 0.939. The molecule has 11 heavy (non-hydrogen) atoms. The van der Waals surface area contributed by atoms with Crippen LogP contribution in [0, 0.1) is 0 Å². The molecule has 0 aliphatic carbocycles. The molecule has 1 rings (SSSR count). The van der Waals surface area contributed by atoms with Crippen molar-refractivity contribution >= 4 is 11.6 Å². The van der Waals surface area contributed by atoms with E-state index in [1.54, 1.807) is 19.1 Å². The summed E-state index contributed by atoms with van der Waals surface area (Å²) < 4.78 is 0. The van der Waals surface area contributed by atoms with Gasteiger partial charge in [-0.15, -0.1) is 0 Å². The van der Waals surface area contributed by atoms with Crippen molar-refractivity contribution in [3.63, 3.8) is 0 Å². The summed E-state index contributed by atoms with van der Waals surface area (Å²) in [5.74, 6) is 0.0347. The minimum atomic E-state index is -0.733. The van der Waals surface area contributed by atoms with Crippen molar-refractivity contribution in [3.05, 3.63) is 28.8 Å². The van der Waals surface area contributed by atoms with Gasteiger partial charge in [0.15, 0.2) is 0 Å². The second-order valence-electron chi connectivity index (χ2n) is 2.35. The number of hydrogen-bond acceptors (Lipinski definition) is 2. The largest absolute Gasteiger partial charge is 0.508 e. The Balaban J connectivity index is 3.21. The maximum atomic E-state index is 9.22.